The molecule has 1 aliphatic carbocycles. The van der Waals surface area contributed by atoms with E-state index in [0.717, 1.165) is 38.9 Å². The van der Waals surface area contributed by atoms with Crippen molar-refractivity contribution in [3.8, 4) is 0 Å². The van der Waals surface area contributed by atoms with Crippen molar-refractivity contribution in [2.24, 2.45) is 17.0 Å². The molecule has 3 N–H and O–H groups in total. The zero-order chi connectivity index (χ0) is 29.0. The Kier molecular flexibility index (Phi) is 11.4. The van der Waals surface area contributed by atoms with Crippen LogP contribution >= 0.6 is 0 Å². The van der Waals surface area contributed by atoms with E-state index in [9.17, 15) is 9.59 Å². The largest absolute Gasteiger partial charge is 0.396 e. The second kappa shape index (κ2) is 15.4. The summed E-state index contributed by atoms with van der Waals surface area (Å²) in [4.78, 5) is 39.7. The first-order chi connectivity index (χ1) is 19.9. The normalized spacial score (nSPS) is 17.6. The molecule has 41 heavy (non-hydrogen) atoms. The van der Waals surface area contributed by atoms with E-state index < -0.39 is 12.2 Å². The molecule has 2 aromatic rings. The molecule has 1 aromatic heterocycles. The van der Waals surface area contributed by atoms with Crippen molar-refractivity contribution in [1.29, 1.82) is 0 Å². The van der Waals surface area contributed by atoms with Crippen LogP contribution < -0.4 is 16.0 Å². The Morgan fingerprint density at radius 1 is 1.27 bits per heavy atom. The smallest absolute Gasteiger partial charge is 0.270 e. The number of rotatable bonds is 17. The third-order valence-corrected chi connectivity index (χ3v) is 7.46. The summed E-state index contributed by atoms with van der Waals surface area (Å²) in [5, 5.41) is 12.7. The van der Waals surface area contributed by atoms with Crippen molar-refractivity contribution < 1.29 is 18.8 Å². The molecule has 1 aromatic carbocycles. The predicted octanol–water partition coefficient (Wildman–Crippen LogP) is 3.35. The zero-order valence-electron chi connectivity index (χ0n) is 24.0. The van der Waals surface area contributed by atoms with E-state index >= 15 is 4.39 Å². The van der Waals surface area contributed by atoms with Gasteiger partial charge in [-0.15, -0.1) is 0 Å². The standard InChI is InChI=1S/C30H42FN7O3/c1-21(16-38-12-10-24-5-3-4-6-25(24)17-38)15-33-30(40)28-14-29(35-19-34-28)36-27(9-11-32-20-39)26(31)13-22(2)37-41-18-23-7-8-23/h3-6,14,19-21,23,26-27H,7-13,15-18H2,1-2H3,(H,32,39)(H,33,40)(H,34,35,36)/t21-,26?,27?/m0/s1. The highest BCUT2D eigenvalue weighted by atomic mass is 19.1. The van der Waals surface area contributed by atoms with Crippen molar-refractivity contribution in [2.45, 2.75) is 64.7 Å². The summed E-state index contributed by atoms with van der Waals surface area (Å²) in [5.74, 6) is 0.849. The number of carbonyl (C=O) groups excluding carboxylic acids is 2. The number of amides is 2. The molecule has 1 saturated carbocycles. The van der Waals surface area contributed by atoms with Crippen LogP contribution in [-0.2, 0) is 22.6 Å². The number of oxime groups is 1. The first kappa shape index (κ1) is 30.4. The fraction of sp³-hybridized carbons (Fsp3) is 0.567. The molecule has 2 amide bonds. The average molecular weight is 568 g/mol. The van der Waals surface area contributed by atoms with Gasteiger partial charge in [0.15, 0.2) is 0 Å². The van der Waals surface area contributed by atoms with Crippen LogP contribution in [0.25, 0.3) is 0 Å². The summed E-state index contributed by atoms with van der Waals surface area (Å²) < 4.78 is 15.3. The lowest BCUT2D eigenvalue weighted by molar-refractivity contribution is -0.109. The molecule has 2 unspecified atom stereocenters. The van der Waals surface area contributed by atoms with E-state index in [1.807, 2.05) is 0 Å². The minimum absolute atomic E-state index is 0.0718. The number of anilines is 1. The fourth-order valence-electron chi connectivity index (χ4n) is 4.96. The van der Waals surface area contributed by atoms with Crippen molar-refractivity contribution >= 4 is 23.8 Å². The molecule has 4 rings (SSSR count). The molecule has 2 aliphatic rings. The number of halogens is 1. The molecular weight excluding hydrogens is 525 g/mol. The first-order valence-corrected chi connectivity index (χ1v) is 14.5. The highest BCUT2D eigenvalue weighted by Crippen LogP contribution is 2.29. The highest BCUT2D eigenvalue weighted by Gasteiger charge is 2.24. The zero-order valence-corrected chi connectivity index (χ0v) is 24.0. The number of fused-ring (bicyclic) bond motifs is 1. The maximum atomic E-state index is 15.3. The third kappa shape index (κ3) is 10.1. The Bertz CT molecular complexity index is 1180. The van der Waals surface area contributed by atoms with Gasteiger partial charge in [-0.1, -0.05) is 36.3 Å². The maximum Gasteiger partial charge on any atom is 0.270 e. The van der Waals surface area contributed by atoms with Gasteiger partial charge < -0.3 is 20.8 Å². The Hall–Kier alpha value is -3.60. The minimum atomic E-state index is -1.31. The molecule has 0 saturated heterocycles. The first-order valence-electron chi connectivity index (χ1n) is 14.5. The van der Waals surface area contributed by atoms with Gasteiger partial charge >= 0.3 is 0 Å². The Labute approximate surface area is 241 Å². The number of hydrogen-bond donors (Lipinski definition) is 3. The molecule has 11 heteroatoms. The molecule has 2 heterocycles. The number of carbonyl (C=O) groups is 2. The van der Waals surface area contributed by atoms with Crippen LogP contribution in [0, 0.1) is 11.8 Å². The minimum Gasteiger partial charge on any atom is -0.396 e. The van der Waals surface area contributed by atoms with Crippen LogP contribution in [0.4, 0.5) is 10.2 Å². The summed E-state index contributed by atoms with van der Waals surface area (Å²) in [6.45, 7) is 8.03. The van der Waals surface area contributed by atoms with Gasteiger partial charge in [-0.2, -0.15) is 0 Å². The van der Waals surface area contributed by atoms with Crippen LogP contribution in [0.3, 0.4) is 0 Å². The van der Waals surface area contributed by atoms with Gasteiger partial charge in [0.05, 0.1) is 11.8 Å². The lowest BCUT2D eigenvalue weighted by Crippen LogP contribution is -2.38. The van der Waals surface area contributed by atoms with E-state index in [-0.39, 0.29) is 30.5 Å². The quantitative estimate of drug-likeness (QED) is 0.116. The number of aromatic nitrogens is 2. The maximum absolute atomic E-state index is 15.3. The van der Waals surface area contributed by atoms with Crippen molar-refractivity contribution in [1.82, 2.24) is 25.5 Å². The summed E-state index contributed by atoms with van der Waals surface area (Å²) in [7, 11) is 0. The SMILES string of the molecule is CC(CC(F)C(CCNC=O)Nc1cc(C(=O)NC[C@H](C)CN2CCc3ccccc3C2)ncn1)=NOCC1CC1. The second-order valence-corrected chi connectivity index (χ2v) is 11.3. The molecule has 1 aliphatic heterocycles. The van der Waals surface area contributed by atoms with E-state index in [2.05, 4.69) is 67.2 Å². The van der Waals surface area contributed by atoms with E-state index in [4.69, 9.17) is 4.84 Å². The lowest BCUT2D eigenvalue weighted by Gasteiger charge is -2.30. The molecule has 10 nitrogen and oxygen atoms in total. The monoisotopic (exact) mass is 567 g/mol. The molecule has 222 valence electrons. The fourth-order valence-corrected chi connectivity index (χ4v) is 4.96. The van der Waals surface area contributed by atoms with Gasteiger partial charge in [0.1, 0.15) is 30.6 Å². The van der Waals surface area contributed by atoms with Crippen molar-refractivity contribution in [3.63, 3.8) is 0 Å². The summed E-state index contributed by atoms with van der Waals surface area (Å²) in [5.41, 5.74) is 3.54. The van der Waals surface area contributed by atoms with Crippen molar-refractivity contribution in [2.75, 3.05) is 38.1 Å². The van der Waals surface area contributed by atoms with Gasteiger partial charge in [-0.25, -0.2) is 14.4 Å². The van der Waals surface area contributed by atoms with Gasteiger partial charge in [-0.3, -0.25) is 14.5 Å². The summed E-state index contributed by atoms with van der Waals surface area (Å²) in [6, 6.07) is 9.40. The predicted molar refractivity (Wildman–Crippen MR) is 156 cm³/mol. The van der Waals surface area contributed by atoms with Gasteiger partial charge in [-0.05, 0) is 55.6 Å². The molecule has 0 spiro atoms. The molecular formula is C30H42FN7O3. The van der Waals surface area contributed by atoms with Crippen LogP contribution in [0.15, 0.2) is 41.8 Å². The highest BCUT2D eigenvalue weighted by molar-refractivity contribution is 5.92. The van der Waals surface area contributed by atoms with E-state index in [1.165, 1.54) is 23.5 Å². The average Bonchev–Trinajstić information content (AvgIpc) is 3.80. The molecule has 0 radical (unpaired) electrons. The Morgan fingerprint density at radius 3 is 2.85 bits per heavy atom. The van der Waals surface area contributed by atoms with Gasteiger partial charge in [0, 0.05) is 45.2 Å². The van der Waals surface area contributed by atoms with Crippen LogP contribution in [0.2, 0.25) is 0 Å². The molecule has 0 bridgehead atoms. The molecule has 3 atom stereocenters. The molecule has 1 fully saturated rings. The van der Waals surface area contributed by atoms with Gasteiger partial charge in [0.2, 0.25) is 6.41 Å². The summed E-state index contributed by atoms with van der Waals surface area (Å²) >= 11 is 0. The van der Waals surface area contributed by atoms with Crippen LogP contribution in [0.5, 0.6) is 0 Å². The Morgan fingerprint density at radius 2 is 2.07 bits per heavy atom. The van der Waals surface area contributed by atoms with Crippen LogP contribution in [0.1, 0.15) is 61.1 Å². The number of alkyl halides is 1. The van der Waals surface area contributed by atoms with Gasteiger partial charge in [0.25, 0.3) is 5.91 Å². The Balaban J connectivity index is 1.27. The third-order valence-electron chi connectivity index (χ3n) is 7.46. The number of hydrogen-bond acceptors (Lipinski definition) is 8. The van der Waals surface area contributed by atoms with Crippen molar-refractivity contribution in [3.05, 3.63) is 53.5 Å². The van der Waals surface area contributed by atoms with Crippen LogP contribution in [-0.4, -0.2) is 77.9 Å². The number of benzene rings is 1. The summed E-state index contributed by atoms with van der Waals surface area (Å²) in [6.07, 6.45) is 4.30. The van der Waals surface area contributed by atoms with E-state index in [1.54, 1.807) is 6.92 Å². The van der Waals surface area contributed by atoms with E-state index in [0.29, 0.717) is 43.4 Å². The number of nitrogens with one attached hydrogen (secondary N) is 3. The lowest BCUT2D eigenvalue weighted by atomic mass is 9.99. The topological polar surface area (TPSA) is 121 Å². The number of nitrogens with zero attached hydrogens (tertiary/aromatic N) is 4. The second-order valence-electron chi connectivity index (χ2n) is 11.3.